The molecule has 1 aliphatic rings. The predicted octanol–water partition coefficient (Wildman–Crippen LogP) is 2.32. The Kier molecular flexibility index (Phi) is 7.61. The van der Waals surface area contributed by atoms with E-state index in [0.717, 1.165) is 23.8 Å². The third-order valence-electron chi connectivity index (χ3n) is 5.00. The number of hydrogen-bond acceptors (Lipinski definition) is 4. The number of amides is 1. The third kappa shape index (κ3) is 5.28. The number of benzene rings is 1. The minimum atomic E-state index is -3.54. The molecule has 0 bridgehead atoms. The van der Waals surface area contributed by atoms with Gasteiger partial charge in [-0.25, -0.2) is 12.7 Å². The van der Waals surface area contributed by atoms with Crippen molar-refractivity contribution in [2.75, 3.05) is 33.7 Å². The van der Waals surface area contributed by atoms with Crippen LogP contribution < -0.4 is 5.32 Å². The Morgan fingerprint density at radius 2 is 2.08 bits per heavy atom. The van der Waals surface area contributed by atoms with Gasteiger partial charge in [0.25, 0.3) is 5.91 Å². The summed E-state index contributed by atoms with van der Waals surface area (Å²) in [7, 11) is -0.578. The number of carbonyl (C=O) groups is 1. The summed E-state index contributed by atoms with van der Waals surface area (Å²) in [5, 5.41) is 2.91. The average molecular weight is 382 g/mol. The molecule has 0 spiro atoms. The van der Waals surface area contributed by atoms with Crippen LogP contribution in [0.3, 0.4) is 0 Å². The standard InChI is InChI=1S/C19H31N3O3S/c1-4-17-10-5-6-13-22(17)14-8-12-20-19(23)16-9-7-11-18(15-16)26(24,25)21(2)3/h7,9,11,15,17H,4-6,8,10,12-14H2,1-3H3,(H,20,23)/t17-/m1/s1. The first kappa shape index (κ1) is 20.9. The zero-order chi connectivity index (χ0) is 19.2. The van der Waals surface area contributed by atoms with Crippen LogP contribution in [-0.4, -0.2) is 63.3 Å². The van der Waals surface area contributed by atoms with Crippen molar-refractivity contribution in [2.24, 2.45) is 0 Å². The smallest absolute Gasteiger partial charge is 0.251 e. The lowest BCUT2D eigenvalue weighted by atomic mass is 10.00. The summed E-state index contributed by atoms with van der Waals surface area (Å²) in [6.45, 7) is 4.97. The number of likely N-dealkylation sites (tertiary alicyclic amines) is 1. The van der Waals surface area contributed by atoms with Gasteiger partial charge in [-0.2, -0.15) is 0 Å². The lowest BCUT2D eigenvalue weighted by Gasteiger charge is -2.35. The molecule has 7 heteroatoms. The van der Waals surface area contributed by atoms with Gasteiger partial charge in [0.15, 0.2) is 0 Å². The van der Waals surface area contributed by atoms with Crippen molar-refractivity contribution in [3.63, 3.8) is 0 Å². The minimum absolute atomic E-state index is 0.134. The van der Waals surface area contributed by atoms with Crippen LogP contribution in [0.25, 0.3) is 0 Å². The largest absolute Gasteiger partial charge is 0.352 e. The van der Waals surface area contributed by atoms with Gasteiger partial charge < -0.3 is 10.2 Å². The molecule has 146 valence electrons. The Morgan fingerprint density at radius 3 is 2.77 bits per heavy atom. The quantitative estimate of drug-likeness (QED) is 0.702. The van der Waals surface area contributed by atoms with Crippen molar-refractivity contribution in [2.45, 2.75) is 50.0 Å². The molecule has 0 unspecified atom stereocenters. The average Bonchev–Trinajstić information content (AvgIpc) is 2.65. The van der Waals surface area contributed by atoms with Crippen molar-refractivity contribution >= 4 is 15.9 Å². The Balaban J connectivity index is 1.86. The van der Waals surface area contributed by atoms with Crippen molar-refractivity contribution in [1.29, 1.82) is 0 Å². The normalized spacial score (nSPS) is 18.8. The summed E-state index contributed by atoms with van der Waals surface area (Å²) in [5.41, 5.74) is 0.373. The number of nitrogens with zero attached hydrogens (tertiary/aromatic N) is 2. The Labute approximate surface area is 157 Å². The minimum Gasteiger partial charge on any atom is -0.352 e. The van der Waals surface area contributed by atoms with E-state index in [1.54, 1.807) is 12.1 Å². The zero-order valence-electron chi connectivity index (χ0n) is 16.1. The van der Waals surface area contributed by atoms with Gasteiger partial charge in [0.05, 0.1) is 4.90 Å². The number of carbonyl (C=O) groups excluding carboxylic acids is 1. The molecule has 1 aromatic carbocycles. The van der Waals surface area contributed by atoms with E-state index in [1.807, 2.05) is 0 Å². The molecule has 0 saturated carbocycles. The molecule has 1 saturated heterocycles. The molecule has 1 amide bonds. The molecule has 1 heterocycles. The topological polar surface area (TPSA) is 69.7 Å². The second kappa shape index (κ2) is 9.48. The highest BCUT2D eigenvalue weighted by atomic mass is 32.2. The fourth-order valence-corrected chi connectivity index (χ4v) is 4.36. The fourth-order valence-electron chi connectivity index (χ4n) is 3.41. The van der Waals surface area contributed by atoms with E-state index in [0.29, 0.717) is 18.2 Å². The lowest BCUT2D eigenvalue weighted by molar-refractivity contribution is 0.0947. The summed E-state index contributed by atoms with van der Waals surface area (Å²) in [5.74, 6) is -0.230. The molecular formula is C19H31N3O3S. The number of nitrogens with one attached hydrogen (secondary N) is 1. The molecule has 6 nitrogen and oxygen atoms in total. The molecule has 1 atom stereocenters. The second-order valence-electron chi connectivity index (χ2n) is 7.02. The van der Waals surface area contributed by atoms with Gasteiger partial charge in [0, 0.05) is 38.8 Å². The fraction of sp³-hybridized carbons (Fsp3) is 0.632. The Bertz CT molecular complexity index is 704. The molecule has 26 heavy (non-hydrogen) atoms. The maximum Gasteiger partial charge on any atom is 0.251 e. The van der Waals surface area contributed by atoms with Crippen LogP contribution in [-0.2, 0) is 10.0 Å². The number of piperidine rings is 1. The van der Waals surface area contributed by atoms with Crippen molar-refractivity contribution in [3.8, 4) is 0 Å². The summed E-state index contributed by atoms with van der Waals surface area (Å²) in [6.07, 6.45) is 5.93. The summed E-state index contributed by atoms with van der Waals surface area (Å²) >= 11 is 0. The molecule has 0 aromatic heterocycles. The van der Waals surface area contributed by atoms with Gasteiger partial charge in [-0.05, 0) is 50.4 Å². The molecule has 0 radical (unpaired) electrons. The first-order valence-corrected chi connectivity index (χ1v) is 10.8. The van der Waals surface area contributed by atoms with E-state index in [-0.39, 0.29) is 10.8 Å². The summed E-state index contributed by atoms with van der Waals surface area (Å²) < 4.78 is 25.5. The first-order chi connectivity index (χ1) is 12.4. The van der Waals surface area contributed by atoms with E-state index < -0.39 is 10.0 Å². The van der Waals surface area contributed by atoms with Crippen LogP contribution in [0.1, 0.15) is 49.4 Å². The van der Waals surface area contributed by atoms with E-state index >= 15 is 0 Å². The third-order valence-corrected chi connectivity index (χ3v) is 6.81. The van der Waals surface area contributed by atoms with E-state index in [4.69, 9.17) is 0 Å². The second-order valence-corrected chi connectivity index (χ2v) is 9.17. The van der Waals surface area contributed by atoms with Gasteiger partial charge in [0.1, 0.15) is 0 Å². The van der Waals surface area contributed by atoms with Crippen molar-refractivity contribution < 1.29 is 13.2 Å². The van der Waals surface area contributed by atoms with Crippen LogP contribution >= 0.6 is 0 Å². The van der Waals surface area contributed by atoms with Gasteiger partial charge in [-0.15, -0.1) is 0 Å². The van der Waals surface area contributed by atoms with Gasteiger partial charge in [-0.3, -0.25) is 4.79 Å². The molecular weight excluding hydrogens is 350 g/mol. The SMILES string of the molecule is CC[C@@H]1CCCCN1CCCNC(=O)c1cccc(S(=O)(=O)N(C)C)c1. The van der Waals surface area contributed by atoms with Crippen molar-refractivity contribution in [1.82, 2.24) is 14.5 Å². The molecule has 1 N–H and O–H groups in total. The number of hydrogen-bond donors (Lipinski definition) is 1. The lowest BCUT2D eigenvalue weighted by Crippen LogP contribution is -2.40. The van der Waals surface area contributed by atoms with Gasteiger partial charge in [0.2, 0.25) is 10.0 Å². The van der Waals surface area contributed by atoms with E-state index in [2.05, 4.69) is 17.1 Å². The maximum atomic E-state index is 12.3. The van der Waals surface area contributed by atoms with Crippen LogP contribution in [0.2, 0.25) is 0 Å². The van der Waals surface area contributed by atoms with Crippen molar-refractivity contribution in [3.05, 3.63) is 29.8 Å². The highest BCUT2D eigenvalue weighted by molar-refractivity contribution is 7.89. The summed E-state index contributed by atoms with van der Waals surface area (Å²) in [6, 6.07) is 6.86. The van der Waals surface area contributed by atoms with Gasteiger partial charge in [-0.1, -0.05) is 19.4 Å². The summed E-state index contributed by atoms with van der Waals surface area (Å²) in [4.78, 5) is 15.0. The van der Waals surface area contributed by atoms with Crippen LogP contribution in [0.4, 0.5) is 0 Å². The van der Waals surface area contributed by atoms with E-state index in [1.165, 1.54) is 51.9 Å². The molecule has 2 rings (SSSR count). The highest BCUT2D eigenvalue weighted by Gasteiger charge is 2.20. The van der Waals surface area contributed by atoms with Crippen LogP contribution in [0.15, 0.2) is 29.2 Å². The number of sulfonamides is 1. The predicted molar refractivity (Wildman–Crippen MR) is 104 cm³/mol. The molecule has 1 aliphatic heterocycles. The number of rotatable bonds is 8. The molecule has 1 aromatic rings. The highest BCUT2D eigenvalue weighted by Crippen LogP contribution is 2.19. The molecule has 1 fully saturated rings. The zero-order valence-corrected chi connectivity index (χ0v) is 16.9. The van der Waals surface area contributed by atoms with E-state index in [9.17, 15) is 13.2 Å². The molecule has 0 aliphatic carbocycles. The van der Waals surface area contributed by atoms with Gasteiger partial charge >= 0.3 is 0 Å². The van der Waals surface area contributed by atoms with Crippen LogP contribution in [0, 0.1) is 0 Å². The Morgan fingerprint density at radius 1 is 1.31 bits per heavy atom. The maximum absolute atomic E-state index is 12.3. The first-order valence-electron chi connectivity index (χ1n) is 9.41. The monoisotopic (exact) mass is 381 g/mol. The van der Waals surface area contributed by atoms with Crippen LogP contribution in [0.5, 0.6) is 0 Å². The Hall–Kier alpha value is -1.44.